The molecular formula is C21H18N2O2. The van der Waals surface area contributed by atoms with Gasteiger partial charge in [-0.05, 0) is 30.3 Å². The summed E-state index contributed by atoms with van der Waals surface area (Å²) in [5.74, 6) is 1.60. The Morgan fingerprint density at radius 1 is 0.880 bits per heavy atom. The molecule has 0 aliphatic carbocycles. The van der Waals surface area contributed by atoms with Gasteiger partial charge in [-0.25, -0.2) is 0 Å². The third-order valence-corrected chi connectivity index (χ3v) is 4.29. The Morgan fingerprint density at radius 2 is 1.72 bits per heavy atom. The Kier molecular flexibility index (Phi) is 3.86. The molecule has 0 atom stereocenters. The number of rotatable bonds is 4. The zero-order chi connectivity index (χ0) is 17.2. The number of ether oxygens (including phenoxy) is 2. The molecule has 0 unspecified atom stereocenters. The summed E-state index contributed by atoms with van der Waals surface area (Å²) >= 11 is 0. The minimum atomic E-state index is 0.795. The Balaban J connectivity index is 1.91. The van der Waals surface area contributed by atoms with Crippen LogP contribution >= 0.6 is 0 Å². The van der Waals surface area contributed by atoms with Crippen molar-refractivity contribution in [1.82, 2.24) is 9.38 Å². The monoisotopic (exact) mass is 330 g/mol. The van der Waals surface area contributed by atoms with Crippen molar-refractivity contribution in [3.05, 3.63) is 73.1 Å². The van der Waals surface area contributed by atoms with Crippen molar-refractivity contribution in [2.75, 3.05) is 14.2 Å². The molecule has 0 saturated heterocycles. The molecule has 0 aliphatic rings. The fourth-order valence-electron chi connectivity index (χ4n) is 3.00. The van der Waals surface area contributed by atoms with E-state index in [1.807, 2.05) is 42.6 Å². The van der Waals surface area contributed by atoms with Gasteiger partial charge in [0, 0.05) is 17.3 Å². The maximum Gasteiger partial charge on any atom is 0.128 e. The molecule has 0 spiro atoms. The Hall–Kier alpha value is -3.27. The predicted molar refractivity (Wildman–Crippen MR) is 99.2 cm³/mol. The van der Waals surface area contributed by atoms with Crippen LogP contribution in [0.4, 0.5) is 0 Å². The Labute approximate surface area is 146 Å². The number of aromatic nitrogens is 2. The molecule has 0 aliphatic heterocycles. The number of nitrogens with zero attached hydrogens (tertiary/aromatic N) is 2. The molecule has 4 nitrogen and oxygen atoms in total. The number of benzene rings is 2. The molecule has 0 radical (unpaired) electrons. The lowest BCUT2D eigenvalue weighted by molar-refractivity contribution is 0.404. The van der Waals surface area contributed by atoms with E-state index in [0.717, 1.165) is 39.5 Å². The van der Waals surface area contributed by atoms with Gasteiger partial charge in [0.1, 0.15) is 11.5 Å². The van der Waals surface area contributed by atoms with Gasteiger partial charge in [0.15, 0.2) is 0 Å². The maximum absolute atomic E-state index is 5.55. The summed E-state index contributed by atoms with van der Waals surface area (Å²) in [6.45, 7) is 0. The first-order valence-electron chi connectivity index (χ1n) is 8.05. The highest BCUT2D eigenvalue weighted by Crippen LogP contribution is 2.34. The molecule has 0 N–H and O–H groups in total. The van der Waals surface area contributed by atoms with E-state index in [1.165, 1.54) is 0 Å². The van der Waals surface area contributed by atoms with Crippen LogP contribution in [0, 0.1) is 0 Å². The van der Waals surface area contributed by atoms with Crippen LogP contribution in [-0.4, -0.2) is 23.6 Å². The predicted octanol–water partition coefficient (Wildman–Crippen LogP) is 4.69. The van der Waals surface area contributed by atoms with E-state index in [2.05, 4.69) is 39.8 Å². The Bertz CT molecular complexity index is 1020. The normalized spacial score (nSPS) is 10.8. The van der Waals surface area contributed by atoms with Crippen LogP contribution in [0.25, 0.3) is 28.0 Å². The van der Waals surface area contributed by atoms with E-state index in [1.54, 1.807) is 14.2 Å². The number of fused-ring (bicyclic) bond motifs is 1. The quantitative estimate of drug-likeness (QED) is 0.545. The van der Waals surface area contributed by atoms with Crippen molar-refractivity contribution >= 4 is 5.52 Å². The highest BCUT2D eigenvalue weighted by Gasteiger charge is 2.12. The third kappa shape index (κ3) is 2.72. The summed E-state index contributed by atoms with van der Waals surface area (Å²) < 4.78 is 13.1. The van der Waals surface area contributed by atoms with Gasteiger partial charge in [0.05, 0.1) is 37.3 Å². The van der Waals surface area contributed by atoms with Gasteiger partial charge < -0.3 is 13.9 Å². The lowest BCUT2D eigenvalue weighted by Gasteiger charge is -2.11. The van der Waals surface area contributed by atoms with Crippen LogP contribution in [0.3, 0.4) is 0 Å². The molecule has 4 aromatic rings. The van der Waals surface area contributed by atoms with Crippen molar-refractivity contribution in [2.24, 2.45) is 0 Å². The Morgan fingerprint density at radius 3 is 2.48 bits per heavy atom. The SMILES string of the molecule is COc1ccc(OC)c(-c2ccc3cnc(-c4ccccc4)cn23)c1. The second-order valence-electron chi connectivity index (χ2n) is 5.72. The van der Waals surface area contributed by atoms with Gasteiger partial charge >= 0.3 is 0 Å². The van der Waals surface area contributed by atoms with Crippen molar-refractivity contribution in [2.45, 2.75) is 0 Å². The lowest BCUT2D eigenvalue weighted by atomic mass is 10.1. The van der Waals surface area contributed by atoms with Gasteiger partial charge in [0.25, 0.3) is 0 Å². The van der Waals surface area contributed by atoms with Crippen molar-refractivity contribution < 1.29 is 9.47 Å². The minimum absolute atomic E-state index is 0.795. The van der Waals surface area contributed by atoms with Crippen LogP contribution in [0.1, 0.15) is 0 Å². The summed E-state index contributed by atoms with van der Waals surface area (Å²) in [5.41, 5.74) is 5.05. The highest BCUT2D eigenvalue weighted by atomic mass is 16.5. The van der Waals surface area contributed by atoms with Gasteiger partial charge in [-0.2, -0.15) is 0 Å². The second kappa shape index (κ2) is 6.32. The van der Waals surface area contributed by atoms with Crippen molar-refractivity contribution in [3.63, 3.8) is 0 Å². The van der Waals surface area contributed by atoms with E-state index in [9.17, 15) is 0 Å². The molecule has 0 fully saturated rings. The molecular weight excluding hydrogens is 312 g/mol. The second-order valence-corrected chi connectivity index (χ2v) is 5.72. The van der Waals surface area contributed by atoms with Gasteiger partial charge in [-0.3, -0.25) is 4.98 Å². The standard InChI is InChI=1S/C21H18N2O2/c1-24-17-9-11-21(25-2)18(12-17)20-10-8-16-13-22-19(14-23(16)20)15-6-4-3-5-7-15/h3-14H,1-2H3. The summed E-state index contributed by atoms with van der Waals surface area (Å²) in [5, 5.41) is 0. The van der Waals surface area contributed by atoms with Gasteiger partial charge in [0.2, 0.25) is 0 Å². The first-order valence-corrected chi connectivity index (χ1v) is 8.05. The minimum Gasteiger partial charge on any atom is -0.497 e. The van der Waals surface area contributed by atoms with E-state index in [-0.39, 0.29) is 0 Å². The maximum atomic E-state index is 5.55. The first-order chi connectivity index (χ1) is 12.3. The summed E-state index contributed by atoms with van der Waals surface area (Å²) in [7, 11) is 3.34. The molecule has 124 valence electrons. The average molecular weight is 330 g/mol. The zero-order valence-corrected chi connectivity index (χ0v) is 14.1. The number of methoxy groups -OCH3 is 2. The number of hydrogen-bond acceptors (Lipinski definition) is 3. The first kappa shape index (κ1) is 15.3. The fourth-order valence-corrected chi connectivity index (χ4v) is 3.00. The van der Waals surface area contributed by atoms with E-state index < -0.39 is 0 Å². The molecule has 0 bridgehead atoms. The van der Waals surface area contributed by atoms with Crippen LogP contribution in [-0.2, 0) is 0 Å². The van der Waals surface area contributed by atoms with Crippen LogP contribution in [0.5, 0.6) is 11.5 Å². The molecule has 4 heteroatoms. The molecule has 2 aromatic carbocycles. The molecule has 2 heterocycles. The van der Waals surface area contributed by atoms with E-state index in [4.69, 9.17) is 9.47 Å². The molecule has 0 saturated carbocycles. The topological polar surface area (TPSA) is 35.8 Å². The highest BCUT2D eigenvalue weighted by molar-refractivity contribution is 5.74. The van der Waals surface area contributed by atoms with Crippen molar-refractivity contribution in [3.8, 4) is 34.0 Å². The molecule has 2 aromatic heterocycles. The third-order valence-electron chi connectivity index (χ3n) is 4.29. The van der Waals surface area contributed by atoms with Gasteiger partial charge in [-0.1, -0.05) is 30.3 Å². The smallest absolute Gasteiger partial charge is 0.128 e. The van der Waals surface area contributed by atoms with Crippen LogP contribution in [0.2, 0.25) is 0 Å². The average Bonchev–Trinajstić information content (AvgIpc) is 3.11. The molecule has 4 rings (SSSR count). The van der Waals surface area contributed by atoms with E-state index >= 15 is 0 Å². The summed E-state index contributed by atoms with van der Waals surface area (Å²) in [4.78, 5) is 4.58. The molecule has 25 heavy (non-hydrogen) atoms. The van der Waals surface area contributed by atoms with E-state index in [0.29, 0.717) is 0 Å². The van der Waals surface area contributed by atoms with Crippen LogP contribution in [0.15, 0.2) is 73.1 Å². The zero-order valence-electron chi connectivity index (χ0n) is 14.1. The van der Waals surface area contributed by atoms with Gasteiger partial charge in [-0.15, -0.1) is 0 Å². The lowest BCUT2D eigenvalue weighted by Crippen LogP contribution is -1.95. The fraction of sp³-hybridized carbons (Fsp3) is 0.0952. The largest absolute Gasteiger partial charge is 0.497 e. The van der Waals surface area contributed by atoms with Crippen LogP contribution < -0.4 is 9.47 Å². The summed E-state index contributed by atoms with van der Waals surface area (Å²) in [6, 6.07) is 20.1. The molecule has 0 amide bonds. The number of hydrogen-bond donors (Lipinski definition) is 0. The summed E-state index contributed by atoms with van der Waals surface area (Å²) in [6.07, 6.45) is 3.94. The van der Waals surface area contributed by atoms with Crippen molar-refractivity contribution in [1.29, 1.82) is 0 Å².